The fraction of sp³-hybridized carbons (Fsp3) is 0.381. The van der Waals surface area contributed by atoms with Crippen molar-refractivity contribution in [1.82, 2.24) is 4.90 Å². The molecule has 25 heavy (non-hydrogen) atoms. The highest BCUT2D eigenvalue weighted by atomic mass is 16.5. The summed E-state index contributed by atoms with van der Waals surface area (Å²) in [6.07, 6.45) is 0. The lowest BCUT2D eigenvalue weighted by Crippen LogP contribution is -2.31. The third-order valence-electron chi connectivity index (χ3n) is 4.29. The number of ether oxygens (including phenoxy) is 2. The van der Waals surface area contributed by atoms with Gasteiger partial charge in [0.1, 0.15) is 11.5 Å². The fourth-order valence-electron chi connectivity index (χ4n) is 2.61. The van der Waals surface area contributed by atoms with E-state index in [1.165, 1.54) is 0 Å². The van der Waals surface area contributed by atoms with E-state index >= 15 is 0 Å². The van der Waals surface area contributed by atoms with Gasteiger partial charge in [0.15, 0.2) is 6.61 Å². The molecular formula is C21H27NO3. The lowest BCUT2D eigenvalue weighted by Gasteiger charge is -2.19. The lowest BCUT2D eigenvalue weighted by atomic mass is 10.1. The highest BCUT2D eigenvalue weighted by Gasteiger charge is 2.13. The summed E-state index contributed by atoms with van der Waals surface area (Å²) in [6.45, 7) is 9.24. The Balaban J connectivity index is 1.93. The first-order valence-electron chi connectivity index (χ1n) is 8.57. The minimum atomic E-state index is -0.0470. The predicted octanol–water partition coefficient (Wildman–Crippen LogP) is 4.05. The molecule has 0 atom stereocenters. The molecule has 1 amide bonds. The molecule has 0 bridgehead atoms. The molecule has 2 aromatic rings. The van der Waals surface area contributed by atoms with Crippen LogP contribution in [-0.4, -0.2) is 31.1 Å². The Morgan fingerprint density at radius 2 is 1.60 bits per heavy atom. The van der Waals surface area contributed by atoms with Crippen molar-refractivity contribution in [1.29, 1.82) is 0 Å². The van der Waals surface area contributed by atoms with Crippen molar-refractivity contribution in [2.24, 2.45) is 0 Å². The molecule has 4 nitrogen and oxygen atoms in total. The second kappa shape index (κ2) is 8.56. The summed E-state index contributed by atoms with van der Waals surface area (Å²) in [6, 6.07) is 11.9. The summed E-state index contributed by atoms with van der Waals surface area (Å²) in [5.74, 6) is 1.60. The third kappa shape index (κ3) is 4.99. The van der Waals surface area contributed by atoms with Gasteiger partial charge in [-0.2, -0.15) is 0 Å². The van der Waals surface area contributed by atoms with Gasteiger partial charge < -0.3 is 14.4 Å². The van der Waals surface area contributed by atoms with Crippen LogP contribution in [0, 0.1) is 20.8 Å². The topological polar surface area (TPSA) is 38.8 Å². The maximum atomic E-state index is 12.4. The van der Waals surface area contributed by atoms with Gasteiger partial charge >= 0.3 is 0 Å². The first-order chi connectivity index (χ1) is 11.9. The molecule has 4 heteroatoms. The van der Waals surface area contributed by atoms with E-state index in [9.17, 15) is 4.79 Å². The van der Waals surface area contributed by atoms with Gasteiger partial charge in [-0.25, -0.2) is 0 Å². The number of benzene rings is 2. The summed E-state index contributed by atoms with van der Waals surface area (Å²) in [5, 5.41) is 0. The number of hydrogen-bond donors (Lipinski definition) is 0. The van der Waals surface area contributed by atoms with Crippen LogP contribution in [0.2, 0.25) is 0 Å². The van der Waals surface area contributed by atoms with Crippen LogP contribution in [0.1, 0.15) is 29.2 Å². The summed E-state index contributed by atoms with van der Waals surface area (Å²) < 4.78 is 11.2. The van der Waals surface area contributed by atoms with Crippen molar-refractivity contribution >= 4 is 5.91 Å². The Bertz CT molecular complexity index is 723. The molecule has 0 aliphatic rings. The van der Waals surface area contributed by atoms with Crippen LogP contribution in [0.5, 0.6) is 11.5 Å². The Labute approximate surface area is 150 Å². The van der Waals surface area contributed by atoms with Crippen molar-refractivity contribution in [3.05, 3.63) is 58.7 Å². The van der Waals surface area contributed by atoms with Gasteiger partial charge in [0.05, 0.1) is 6.61 Å². The van der Waals surface area contributed by atoms with Gasteiger partial charge in [-0.3, -0.25) is 4.79 Å². The van der Waals surface area contributed by atoms with E-state index in [1.807, 2.05) is 58.0 Å². The Morgan fingerprint density at radius 1 is 0.960 bits per heavy atom. The molecule has 0 aromatic heterocycles. The molecule has 0 radical (unpaired) electrons. The molecule has 0 saturated carbocycles. The molecule has 0 heterocycles. The van der Waals surface area contributed by atoms with E-state index in [4.69, 9.17) is 9.47 Å². The quantitative estimate of drug-likeness (QED) is 0.763. The number of amides is 1. The highest BCUT2D eigenvalue weighted by molar-refractivity contribution is 5.77. The van der Waals surface area contributed by atoms with E-state index < -0.39 is 0 Å². The number of hydrogen-bond acceptors (Lipinski definition) is 3. The van der Waals surface area contributed by atoms with Crippen LogP contribution in [0.15, 0.2) is 36.4 Å². The monoisotopic (exact) mass is 341 g/mol. The Kier molecular flexibility index (Phi) is 6.45. The molecule has 2 aromatic carbocycles. The maximum absolute atomic E-state index is 12.4. The van der Waals surface area contributed by atoms with Crippen LogP contribution in [0.25, 0.3) is 0 Å². The molecule has 0 saturated heterocycles. The Hall–Kier alpha value is -2.49. The number of carbonyl (C=O) groups excluding carboxylic acids is 1. The first kappa shape index (κ1) is 18.8. The molecule has 134 valence electrons. The maximum Gasteiger partial charge on any atom is 0.260 e. The fourth-order valence-corrected chi connectivity index (χ4v) is 2.61. The van der Waals surface area contributed by atoms with Crippen LogP contribution in [-0.2, 0) is 11.3 Å². The van der Waals surface area contributed by atoms with Gasteiger partial charge in [0, 0.05) is 13.6 Å². The average Bonchev–Trinajstić information content (AvgIpc) is 2.60. The standard InChI is InChI=1S/C21H27NO3/c1-6-24-19-11-9-18(10-12-19)13-22(5)20(23)14-25-21-16(3)8-7-15(2)17(21)4/h7-12H,6,13-14H2,1-5H3. The third-order valence-corrected chi connectivity index (χ3v) is 4.29. The molecular weight excluding hydrogens is 314 g/mol. The second-order valence-electron chi connectivity index (χ2n) is 6.27. The van der Waals surface area contributed by atoms with Crippen molar-refractivity contribution in [2.45, 2.75) is 34.2 Å². The normalized spacial score (nSPS) is 10.4. The van der Waals surface area contributed by atoms with Crippen LogP contribution in [0.3, 0.4) is 0 Å². The van der Waals surface area contributed by atoms with Gasteiger partial charge in [-0.05, 0) is 62.1 Å². The molecule has 0 fully saturated rings. The number of carbonyl (C=O) groups is 1. The molecule has 0 N–H and O–H groups in total. The van der Waals surface area contributed by atoms with E-state index in [2.05, 4.69) is 6.07 Å². The van der Waals surface area contributed by atoms with Gasteiger partial charge in [0.2, 0.25) is 0 Å². The van der Waals surface area contributed by atoms with E-state index in [1.54, 1.807) is 11.9 Å². The number of likely N-dealkylation sites (N-methyl/N-ethyl adjacent to an activating group) is 1. The van der Waals surface area contributed by atoms with Crippen molar-refractivity contribution < 1.29 is 14.3 Å². The van der Waals surface area contributed by atoms with E-state index in [-0.39, 0.29) is 12.5 Å². The van der Waals surface area contributed by atoms with E-state index in [0.717, 1.165) is 33.8 Å². The predicted molar refractivity (Wildman–Crippen MR) is 100 cm³/mol. The summed E-state index contributed by atoms with van der Waals surface area (Å²) in [7, 11) is 1.79. The average molecular weight is 341 g/mol. The second-order valence-corrected chi connectivity index (χ2v) is 6.27. The van der Waals surface area contributed by atoms with Crippen LogP contribution < -0.4 is 9.47 Å². The minimum Gasteiger partial charge on any atom is -0.494 e. The zero-order valence-corrected chi connectivity index (χ0v) is 15.8. The highest BCUT2D eigenvalue weighted by Crippen LogP contribution is 2.25. The van der Waals surface area contributed by atoms with Gasteiger partial charge in [-0.15, -0.1) is 0 Å². The van der Waals surface area contributed by atoms with Gasteiger partial charge in [-0.1, -0.05) is 24.3 Å². The zero-order valence-electron chi connectivity index (χ0n) is 15.8. The largest absolute Gasteiger partial charge is 0.494 e. The number of rotatable bonds is 7. The van der Waals surface area contributed by atoms with E-state index in [0.29, 0.717) is 13.2 Å². The molecule has 0 unspecified atom stereocenters. The summed E-state index contributed by atoms with van der Waals surface area (Å²) in [5.41, 5.74) is 4.35. The molecule has 0 spiro atoms. The van der Waals surface area contributed by atoms with Crippen molar-refractivity contribution in [3.8, 4) is 11.5 Å². The van der Waals surface area contributed by atoms with Crippen molar-refractivity contribution in [3.63, 3.8) is 0 Å². The summed E-state index contributed by atoms with van der Waals surface area (Å²) in [4.78, 5) is 14.1. The number of nitrogens with zero attached hydrogens (tertiary/aromatic N) is 1. The summed E-state index contributed by atoms with van der Waals surface area (Å²) >= 11 is 0. The van der Waals surface area contributed by atoms with Crippen LogP contribution in [0.4, 0.5) is 0 Å². The zero-order chi connectivity index (χ0) is 18.4. The van der Waals surface area contributed by atoms with Crippen molar-refractivity contribution in [2.75, 3.05) is 20.3 Å². The minimum absolute atomic E-state index is 0.0403. The molecule has 0 aliphatic carbocycles. The Morgan fingerprint density at radius 3 is 2.24 bits per heavy atom. The van der Waals surface area contributed by atoms with Crippen LogP contribution >= 0.6 is 0 Å². The molecule has 0 aliphatic heterocycles. The van der Waals surface area contributed by atoms with Gasteiger partial charge in [0.25, 0.3) is 5.91 Å². The molecule has 2 rings (SSSR count). The number of aryl methyl sites for hydroxylation is 2. The SMILES string of the molecule is CCOc1ccc(CN(C)C(=O)COc2c(C)ccc(C)c2C)cc1. The first-order valence-corrected chi connectivity index (χ1v) is 8.57. The lowest BCUT2D eigenvalue weighted by molar-refractivity contribution is -0.132. The smallest absolute Gasteiger partial charge is 0.260 e.